The second-order valence-corrected chi connectivity index (χ2v) is 1.67. The Balaban J connectivity index is 0.000000281. The largest absolute Gasteiger partial charge is 0.234 e. The quantitative estimate of drug-likeness (QED) is 0.617. The number of pyridine rings is 1. The standard InChI is InChI=1S/C5H4N4.C2H6/c1-2-4-5(6-3-1)8-9-7-4;1-2/h1-3H,(H,6,7,8,9);1-2H3. The van der Waals surface area contributed by atoms with Gasteiger partial charge in [-0.05, 0) is 12.1 Å². The van der Waals surface area contributed by atoms with Crippen LogP contribution < -0.4 is 0 Å². The van der Waals surface area contributed by atoms with Crippen LogP contribution in [0.3, 0.4) is 0 Å². The SMILES string of the molecule is CC.c1cnc2n[nH]nc2c1. The molecule has 0 unspecified atom stereocenters. The van der Waals surface area contributed by atoms with E-state index in [0.29, 0.717) is 5.65 Å². The lowest BCUT2D eigenvalue weighted by molar-refractivity contribution is 0.954. The van der Waals surface area contributed by atoms with Crippen molar-refractivity contribution in [2.24, 2.45) is 0 Å². The van der Waals surface area contributed by atoms with E-state index in [0.717, 1.165) is 5.52 Å². The molecule has 0 aliphatic rings. The number of nitrogens with one attached hydrogen (secondary N) is 1. The zero-order valence-electron chi connectivity index (χ0n) is 6.57. The van der Waals surface area contributed by atoms with Gasteiger partial charge in [-0.15, -0.1) is 5.10 Å². The number of aromatic amines is 1. The maximum atomic E-state index is 3.94. The van der Waals surface area contributed by atoms with E-state index >= 15 is 0 Å². The fourth-order valence-corrected chi connectivity index (χ4v) is 0.688. The minimum absolute atomic E-state index is 0.664. The summed E-state index contributed by atoms with van der Waals surface area (Å²) >= 11 is 0. The number of fused-ring (bicyclic) bond motifs is 1. The summed E-state index contributed by atoms with van der Waals surface area (Å²) in [7, 11) is 0. The molecule has 0 amide bonds. The molecule has 4 heteroatoms. The molecule has 1 N–H and O–H groups in total. The van der Waals surface area contributed by atoms with Crippen LogP contribution in [-0.2, 0) is 0 Å². The van der Waals surface area contributed by atoms with Crippen molar-refractivity contribution in [1.29, 1.82) is 0 Å². The number of hydrogen-bond acceptors (Lipinski definition) is 3. The van der Waals surface area contributed by atoms with Crippen LogP contribution in [0.15, 0.2) is 18.3 Å². The van der Waals surface area contributed by atoms with Crippen LogP contribution in [0.5, 0.6) is 0 Å². The lowest BCUT2D eigenvalue weighted by Gasteiger charge is -1.77. The van der Waals surface area contributed by atoms with Crippen LogP contribution in [0.25, 0.3) is 11.2 Å². The first-order chi connectivity index (χ1) is 5.47. The van der Waals surface area contributed by atoms with Crippen LogP contribution in [-0.4, -0.2) is 20.4 Å². The zero-order valence-corrected chi connectivity index (χ0v) is 6.57. The highest BCUT2D eigenvalue weighted by Crippen LogP contribution is 1.99. The average molecular weight is 150 g/mol. The topological polar surface area (TPSA) is 54.5 Å². The maximum absolute atomic E-state index is 3.94. The van der Waals surface area contributed by atoms with E-state index in [2.05, 4.69) is 20.4 Å². The lowest BCUT2D eigenvalue weighted by Crippen LogP contribution is -1.71. The summed E-state index contributed by atoms with van der Waals surface area (Å²) in [6, 6.07) is 3.68. The van der Waals surface area contributed by atoms with Crippen molar-refractivity contribution < 1.29 is 0 Å². The van der Waals surface area contributed by atoms with Gasteiger partial charge < -0.3 is 0 Å². The Labute approximate surface area is 64.7 Å². The monoisotopic (exact) mass is 150 g/mol. The lowest BCUT2D eigenvalue weighted by atomic mass is 10.4. The van der Waals surface area contributed by atoms with Gasteiger partial charge in [0.1, 0.15) is 5.52 Å². The van der Waals surface area contributed by atoms with Crippen molar-refractivity contribution >= 4 is 11.2 Å². The molecule has 11 heavy (non-hydrogen) atoms. The van der Waals surface area contributed by atoms with E-state index in [4.69, 9.17) is 0 Å². The maximum Gasteiger partial charge on any atom is 0.201 e. The summed E-state index contributed by atoms with van der Waals surface area (Å²) in [6.45, 7) is 4.00. The molecule has 0 saturated heterocycles. The van der Waals surface area contributed by atoms with Gasteiger partial charge in [-0.3, -0.25) is 0 Å². The van der Waals surface area contributed by atoms with Gasteiger partial charge in [-0.25, -0.2) is 4.98 Å². The molecule has 2 rings (SSSR count). The van der Waals surface area contributed by atoms with Crippen molar-refractivity contribution in [2.75, 3.05) is 0 Å². The first-order valence-corrected chi connectivity index (χ1v) is 3.58. The molecular formula is C7H10N4. The van der Waals surface area contributed by atoms with Crippen molar-refractivity contribution in [3.05, 3.63) is 18.3 Å². The van der Waals surface area contributed by atoms with Gasteiger partial charge in [0.05, 0.1) is 0 Å². The van der Waals surface area contributed by atoms with Crippen molar-refractivity contribution in [1.82, 2.24) is 20.4 Å². The van der Waals surface area contributed by atoms with Gasteiger partial charge in [0.15, 0.2) is 0 Å². The molecule has 0 bridgehead atoms. The molecule has 58 valence electrons. The van der Waals surface area contributed by atoms with Crippen molar-refractivity contribution in [2.45, 2.75) is 13.8 Å². The molecule has 2 heterocycles. The minimum Gasteiger partial charge on any atom is -0.234 e. The summed E-state index contributed by atoms with van der Waals surface area (Å²) in [5, 5.41) is 10.1. The number of H-pyrrole nitrogens is 1. The van der Waals surface area contributed by atoms with Gasteiger partial charge in [0.25, 0.3) is 0 Å². The van der Waals surface area contributed by atoms with E-state index in [1.807, 2.05) is 26.0 Å². The first-order valence-electron chi connectivity index (χ1n) is 3.58. The average Bonchev–Trinajstić information content (AvgIpc) is 2.55. The third kappa shape index (κ3) is 1.52. The smallest absolute Gasteiger partial charge is 0.201 e. The number of nitrogens with zero attached hydrogens (tertiary/aromatic N) is 3. The molecule has 2 aromatic heterocycles. The Morgan fingerprint density at radius 1 is 1.27 bits per heavy atom. The summed E-state index contributed by atoms with van der Waals surface area (Å²) in [5.41, 5.74) is 1.47. The summed E-state index contributed by atoms with van der Waals surface area (Å²) < 4.78 is 0. The van der Waals surface area contributed by atoms with Crippen molar-refractivity contribution in [3.8, 4) is 0 Å². The molecular weight excluding hydrogens is 140 g/mol. The predicted molar refractivity (Wildman–Crippen MR) is 43.0 cm³/mol. The van der Waals surface area contributed by atoms with E-state index in [-0.39, 0.29) is 0 Å². The molecule has 0 spiro atoms. The Hall–Kier alpha value is -1.45. The van der Waals surface area contributed by atoms with Crippen LogP contribution in [0.1, 0.15) is 13.8 Å². The normalized spacial score (nSPS) is 8.91. The Morgan fingerprint density at radius 3 is 2.82 bits per heavy atom. The fraction of sp³-hybridized carbons (Fsp3) is 0.286. The second-order valence-electron chi connectivity index (χ2n) is 1.67. The Morgan fingerprint density at radius 2 is 2.09 bits per heavy atom. The van der Waals surface area contributed by atoms with Gasteiger partial charge >= 0.3 is 0 Å². The molecule has 0 radical (unpaired) electrons. The summed E-state index contributed by atoms with van der Waals surface area (Å²) in [5.74, 6) is 0. The number of hydrogen-bond donors (Lipinski definition) is 1. The van der Waals surface area contributed by atoms with Crippen molar-refractivity contribution in [3.63, 3.8) is 0 Å². The molecule has 2 aromatic rings. The van der Waals surface area contributed by atoms with Gasteiger partial charge in [0.2, 0.25) is 5.65 Å². The number of rotatable bonds is 0. The highest BCUT2D eigenvalue weighted by atomic mass is 15.3. The molecule has 0 aliphatic carbocycles. The summed E-state index contributed by atoms with van der Waals surface area (Å²) in [6.07, 6.45) is 1.69. The highest BCUT2D eigenvalue weighted by Gasteiger charge is 1.92. The first kappa shape index (κ1) is 7.65. The highest BCUT2D eigenvalue weighted by molar-refractivity contribution is 5.67. The minimum atomic E-state index is 0.664. The van der Waals surface area contributed by atoms with Gasteiger partial charge in [-0.2, -0.15) is 10.3 Å². The predicted octanol–water partition coefficient (Wildman–Crippen LogP) is 1.38. The van der Waals surface area contributed by atoms with Gasteiger partial charge in [-0.1, -0.05) is 13.8 Å². The second kappa shape index (κ2) is 3.65. The molecule has 0 atom stereocenters. The third-order valence-corrected chi connectivity index (χ3v) is 1.09. The van der Waals surface area contributed by atoms with E-state index in [1.165, 1.54) is 0 Å². The van der Waals surface area contributed by atoms with Gasteiger partial charge in [0, 0.05) is 6.20 Å². The molecule has 0 fully saturated rings. The molecule has 0 saturated carbocycles. The van der Waals surface area contributed by atoms with Crippen LogP contribution in [0.2, 0.25) is 0 Å². The fourth-order valence-electron chi connectivity index (χ4n) is 0.688. The van der Waals surface area contributed by atoms with Crippen LogP contribution >= 0.6 is 0 Å². The van der Waals surface area contributed by atoms with Crippen LogP contribution in [0.4, 0.5) is 0 Å². The molecule has 0 aliphatic heterocycles. The molecule has 4 nitrogen and oxygen atoms in total. The summed E-state index contributed by atoms with van der Waals surface area (Å²) in [4.78, 5) is 3.94. The third-order valence-electron chi connectivity index (χ3n) is 1.09. The Bertz CT molecular complexity index is 284. The van der Waals surface area contributed by atoms with Crippen LogP contribution in [0, 0.1) is 0 Å². The van der Waals surface area contributed by atoms with E-state index < -0.39 is 0 Å². The van der Waals surface area contributed by atoms with E-state index in [9.17, 15) is 0 Å². The zero-order chi connectivity index (χ0) is 8.10. The van der Waals surface area contributed by atoms with E-state index in [1.54, 1.807) is 6.20 Å². The molecule has 0 aromatic carbocycles. The number of aromatic nitrogens is 4. The Kier molecular flexibility index (Phi) is 2.54.